The molecular weight excluding hydrogens is 1030 g/mol. The van der Waals surface area contributed by atoms with Gasteiger partial charge in [0.05, 0.1) is 9.85 Å². The largest absolute Gasteiger partial charge is 0.507 e. The van der Waals surface area contributed by atoms with Crippen molar-refractivity contribution in [1.82, 2.24) is 0 Å². The lowest BCUT2D eigenvalue weighted by atomic mass is 9.79. The topological polar surface area (TPSA) is 164 Å². The van der Waals surface area contributed by atoms with Crippen LogP contribution in [0.3, 0.4) is 0 Å². The number of benzene rings is 8. The molecule has 1 aliphatic carbocycles. The number of rotatable bonds is 12. The third-order valence-electron chi connectivity index (χ3n) is 15.2. The molecule has 0 saturated carbocycles. The highest BCUT2D eigenvalue weighted by atomic mass is 16.6. The van der Waals surface area contributed by atoms with Crippen LogP contribution in [0.1, 0.15) is 161 Å². The van der Waals surface area contributed by atoms with E-state index in [0.29, 0.717) is 60.2 Å². The molecule has 2 N–H and O–H groups in total. The van der Waals surface area contributed by atoms with Crippen molar-refractivity contribution in [3.63, 3.8) is 0 Å². The lowest BCUT2D eigenvalue weighted by molar-refractivity contribution is -0.385. The first kappa shape index (κ1) is 58.0. The Morgan fingerprint density at radius 1 is 0.366 bits per heavy atom. The Kier molecular flexibility index (Phi) is 16.1. The molecule has 0 amide bonds. The minimum Gasteiger partial charge on any atom is -0.507 e. The van der Waals surface area contributed by atoms with Gasteiger partial charge in [-0.05, 0) is 148 Å². The van der Waals surface area contributed by atoms with Crippen molar-refractivity contribution in [2.75, 3.05) is 0 Å². The van der Waals surface area contributed by atoms with Crippen LogP contribution in [0.5, 0.6) is 46.0 Å². The highest BCUT2D eigenvalue weighted by Crippen LogP contribution is 2.44. The van der Waals surface area contributed by atoms with E-state index in [4.69, 9.17) is 18.9 Å². The van der Waals surface area contributed by atoms with Crippen molar-refractivity contribution in [1.29, 1.82) is 0 Å². The van der Waals surface area contributed by atoms with Crippen LogP contribution in [-0.2, 0) is 60.6 Å². The highest BCUT2D eigenvalue weighted by molar-refractivity contribution is 5.60. The van der Waals surface area contributed by atoms with Crippen molar-refractivity contribution in [2.24, 2.45) is 0 Å². The van der Waals surface area contributed by atoms with Gasteiger partial charge in [0.25, 0.3) is 11.4 Å². The number of fused-ring (bicyclic) bond motifs is 8. The Hall–Kier alpha value is -8.64. The molecule has 0 atom stereocenters. The molecule has 0 saturated heterocycles. The molecule has 424 valence electrons. The summed E-state index contributed by atoms with van der Waals surface area (Å²) in [4.78, 5) is 21.6. The fourth-order valence-corrected chi connectivity index (χ4v) is 10.2. The monoisotopic (exact) mass is 1100 g/mol. The standard InChI is InChI=1S/C70H74N2O10/c1-67(2,3)53-33-45-29-49-37-55(69(7,8)9)39-51(65(49)79-41-43-13-21-59(22-14-43)81-61-25-17-57(18-26-61)71(75)76)31-47-35-54(68(4,5)6)36-48(64(47)74)32-52-40-56(70(10,11)12)38-50(30-46(34-53)63(45)73)66(52)80-42-44-15-23-60(24-16-44)82-62-27-19-58(20-28-62)72(77)78/h13-28,33-40,73-74H,29-32,41-42H2,1-12H3. The maximum Gasteiger partial charge on any atom is 0.269 e. The average molecular weight is 1100 g/mol. The average Bonchev–Trinajstić information content (AvgIpc) is 3.61. The fraction of sp³-hybridized carbons (Fsp3) is 0.314. The third kappa shape index (κ3) is 13.6. The molecule has 82 heavy (non-hydrogen) atoms. The Morgan fingerprint density at radius 3 is 0.805 bits per heavy atom. The molecule has 0 aromatic heterocycles. The van der Waals surface area contributed by atoms with Crippen molar-refractivity contribution in [3.8, 4) is 46.0 Å². The van der Waals surface area contributed by atoms with Crippen molar-refractivity contribution in [3.05, 3.63) is 244 Å². The first-order chi connectivity index (χ1) is 38.5. The molecule has 12 heteroatoms. The predicted molar refractivity (Wildman–Crippen MR) is 323 cm³/mol. The summed E-state index contributed by atoms with van der Waals surface area (Å²) in [6.07, 6.45) is 1.38. The molecule has 0 radical (unpaired) electrons. The molecule has 8 aromatic carbocycles. The normalized spacial score (nSPS) is 12.8. The van der Waals surface area contributed by atoms with Gasteiger partial charge in [0.2, 0.25) is 0 Å². The first-order valence-electron chi connectivity index (χ1n) is 27.9. The number of phenols is 2. The van der Waals surface area contributed by atoms with Gasteiger partial charge in [-0.1, -0.05) is 156 Å². The zero-order valence-corrected chi connectivity index (χ0v) is 49.2. The molecule has 0 aliphatic heterocycles. The Labute approximate surface area is 481 Å². The van der Waals surface area contributed by atoms with Gasteiger partial charge in [0.1, 0.15) is 59.2 Å². The smallest absolute Gasteiger partial charge is 0.269 e. The summed E-state index contributed by atoms with van der Waals surface area (Å²) >= 11 is 0. The van der Waals surface area contributed by atoms with E-state index >= 15 is 0 Å². The molecule has 0 heterocycles. The second kappa shape index (κ2) is 22.7. The minimum absolute atomic E-state index is 0.0165. The summed E-state index contributed by atoms with van der Waals surface area (Å²) in [6.45, 7) is 26.7. The summed E-state index contributed by atoms with van der Waals surface area (Å²) < 4.78 is 26.2. The molecule has 0 spiro atoms. The SMILES string of the molecule is CC(C)(C)c1cc2c(O)c(c1)Cc1cc(C(C)(C)C)cc(c1OCc1ccc(Oc3ccc([N+](=O)[O-])cc3)cc1)Cc1cc(C(C)(C)C)cc(c1O)Cc1cc(C(C)(C)C)cc(c1OCc1ccc(Oc3ccc([N+](=O)[O-])cc3)cc1)C2. The summed E-state index contributed by atoms with van der Waals surface area (Å²) in [5.74, 6) is 3.84. The predicted octanol–water partition coefficient (Wildman–Crippen LogP) is 17.5. The number of nitrogens with zero attached hydrogens (tertiary/aromatic N) is 2. The van der Waals surface area contributed by atoms with Gasteiger partial charge < -0.3 is 29.2 Å². The summed E-state index contributed by atoms with van der Waals surface area (Å²) in [6, 6.07) is 44.4. The zero-order valence-electron chi connectivity index (χ0n) is 49.2. The van der Waals surface area contributed by atoms with E-state index in [-0.39, 0.29) is 57.7 Å². The van der Waals surface area contributed by atoms with Crippen LogP contribution < -0.4 is 18.9 Å². The number of nitro benzene ring substituents is 2. The number of aromatic hydroxyl groups is 2. The Morgan fingerprint density at radius 2 is 0.585 bits per heavy atom. The summed E-state index contributed by atoms with van der Waals surface area (Å²) in [5.41, 5.74) is 11.6. The number of non-ortho nitro benzene ring substituents is 2. The van der Waals surface area contributed by atoms with Gasteiger partial charge in [0.15, 0.2) is 0 Å². The number of nitro groups is 2. The maximum absolute atomic E-state index is 12.9. The molecule has 12 nitrogen and oxygen atoms in total. The van der Waals surface area contributed by atoms with Crippen LogP contribution in [0.2, 0.25) is 0 Å². The van der Waals surface area contributed by atoms with E-state index in [2.05, 4.69) is 132 Å². The van der Waals surface area contributed by atoms with Gasteiger partial charge in [-0.15, -0.1) is 0 Å². The first-order valence-corrected chi connectivity index (χ1v) is 27.9. The molecule has 0 fully saturated rings. The van der Waals surface area contributed by atoms with Gasteiger partial charge in [0, 0.05) is 49.9 Å². The second-order valence-electron chi connectivity index (χ2n) is 25.8. The minimum atomic E-state index is -0.443. The fourth-order valence-electron chi connectivity index (χ4n) is 10.2. The van der Waals surface area contributed by atoms with Crippen molar-refractivity contribution in [2.45, 2.75) is 144 Å². The Balaban J connectivity index is 1.17. The second-order valence-corrected chi connectivity index (χ2v) is 25.8. The molecule has 1 aliphatic rings. The number of phenolic OH excluding ortho intramolecular Hbond substituents is 2. The van der Waals surface area contributed by atoms with Crippen LogP contribution in [0.4, 0.5) is 11.4 Å². The highest BCUT2D eigenvalue weighted by Gasteiger charge is 2.29. The molecule has 8 aromatic rings. The van der Waals surface area contributed by atoms with E-state index in [0.717, 1.165) is 77.9 Å². The maximum atomic E-state index is 12.9. The summed E-state index contributed by atoms with van der Waals surface area (Å²) in [5, 5.41) is 48.2. The molecular formula is C70H74N2O10. The summed E-state index contributed by atoms with van der Waals surface area (Å²) in [7, 11) is 0. The van der Waals surface area contributed by atoms with Crippen LogP contribution >= 0.6 is 0 Å². The van der Waals surface area contributed by atoms with E-state index in [1.54, 1.807) is 24.3 Å². The number of ether oxygens (including phenoxy) is 4. The van der Waals surface area contributed by atoms with Gasteiger partial charge in [-0.3, -0.25) is 20.2 Å². The van der Waals surface area contributed by atoms with E-state index in [1.807, 2.05) is 48.5 Å². The van der Waals surface area contributed by atoms with E-state index < -0.39 is 9.85 Å². The number of hydrogen-bond donors (Lipinski definition) is 2. The van der Waals surface area contributed by atoms with Gasteiger partial charge in [-0.25, -0.2) is 0 Å². The van der Waals surface area contributed by atoms with E-state index in [1.165, 1.54) is 24.3 Å². The van der Waals surface area contributed by atoms with Crippen LogP contribution in [0.25, 0.3) is 0 Å². The Bertz CT molecular complexity index is 3330. The van der Waals surface area contributed by atoms with Crippen LogP contribution in [0.15, 0.2) is 146 Å². The molecule has 9 rings (SSSR count). The van der Waals surface area contributed by atoms with Crippen LogP contribution in [-0.4, -0.2) is 20.1 Å². The molecule has 8 bridgehead atoms. The number of hydrogen-bond acceptors (Lipinski definition) is 10. The molecule has 0 unspecified atom stereocenters. The third-order valence-corrected chi connectivity index (χ3v) is 15.2. The van der Waals surface area contributed by atoms with E-state index in [9.17, 15) is 30.4 Å². The van der Waals surface area contributed by atoms with Crippen molar-refractivity contribution < 1.29 is 39.0 Å². The quantitative estimate of drug-likeness (QED) is 0.0889. The van der Waals surface area contributed by atoms with Crippen molar-refractivity contribution >= 4 is 11.4 Å². The van der Waals surface area contributed by atoms with Gasteiger partial charge in [-0.2, -0.15) is 0 Å². The lowest BCUT2D eigenvalue weighted by Crippen LogP contribution is -2.16. The zero-order chi connectivity index (χ0) is 59.1. The van der Waals surface area contributed by atoms with Gasteiger partial charge >= 0.3 is 0 Å². The lowest BCUT2D eigenvalue weighted by Gasteiger charge is -2.28. The van der Waals surface area contributed by atoms with Crippen LogP contribution in [0, 0.1) is 20.2 Å².